The van der Waals surface area contributed by atoms with Gasteiger partial charge in [-0.15, -0.1) is 0 Å². The Kier molecular flexibility index (Phi) is 6.16. The minimum Gasteiger partial charge on any atom is -0.497 e. The summed E-state index contributed by atoms with van der Waals surface area (Å²) in [5.74, 6) is 0.0282. The zero-order chi connectivity index (χ0) is 18.5. The summed E-state index contributed by atoms with van der Waals surface area (Å²) in [6, 6.07) is 15.9. The Morgan fingerprint density at radius 2 is 1.77 bits per heavy atom. The van der Waals surface area contributed by atoms with Crippen LogP contribution in [0.25, 0.3) is 0 Å². The molecule has 0 spiro atoms. The Balaban J connectivity index is 1.59. The van der Waals surface area contributed by atoms with E-state index in [-0.39, 0.29) is 6.61 Å². The first-order valence-corrected chi connectivity index (χ1v) is 9.01. The van der Waals surface area contributed by atoms with Crippen LogP contribution >= 0.6 is 11.8 Å². The Bertz CT molecular complexity index is 721. The molecule has 0 aromatic heterocycles. The number of hydrogen-bond acceptors (Lipinski definition) is 7. The molecular weight excluding hydrogens is 356 g/mol. The third-order valence-electron chi connectivity index (χ3n) is 4.01. The molecule has 1 fully saturated rings. The molecule has 0 saturated carbocycles. The molecule has 0 radical (unpaired) electrons. The van der Waals surface area contributed by atoms with Crippen LogP contribution in [-0.4, -0.2) is 53.6 Å². The third kappa shape index (κ3) is 4.37. The van der Waals surface area contributed by atoms with Crippen molar-refractivity contribution >= 4 is 17.7 Å². The Hall–Kier alpha value is -2.06. The summed E-state index contributed by atoms with van der Waals surface area (Å²) in [4.78, 5) is 13.1. The normalized spacial score (nSPS) is 25.5. The lowest BCUT2D eigenvalue weighted by molar-refractivity contribution is -0.163. The highest BCUT2D eigenvalue weighted by Crippen LogP contribution is 2.31. The van der Waals surface area contributed by atoms with Crippen LogP contribution in [0.3, 0.4) is 0 Å². The van der Waals surface area contributed by atoms with E-state index in [0.717, 1.165) is 4.90 Å². The molecule has 2 N–H and O–H groups in total. The van der Waals surface area contributed by atoms with Gasteiger partial charge in [0.25, 0.3) is 0 Å². The van der Waals surface area contributed by atoms with Gasteiger partial charge in [0.1, 0.15) is 23.4 Å². The summed E-state index contributed by atoms with van der Waals surface area (Å²) < 4.78 is 16.0. The van der Waals surface area contributed by atoms with E-state index in [4.69, 9.17) is 14.2 Å². The van der Waals surface area contributed by atoms with Gasteiger partial charge in [0, 0.05) is 4.90 Å². The summed E-state index contributed by atoms with van der Waals surface area (Å²) in [5.41, 5.74) is -0.309. The maximum Gasteiger partial charge on any atom is 0.338 e. The number of ether oxygens (including phenoxy) is 3. The molecule has 0 amide bonds. The molecule has 1 aliphatic rings. The molecule has 3 rings (SSSR count). The first-order valence-electron chi connectivity index (χ1n) is 8.13. The molecule has 1 saturated heterocycles. The average molecular weight is 376 g/mol. The van der Waals surface area contributed by atoms with Gasteiger partial charge in [-0.25, -0.2) is 4.79 Å². The highest BCUT2D eigenvalue weighted by Gasteiger charge is 2.41. The maximum atomic E-state index is 12.2. The molecule has 26 heavy (non-hydrogen) atoms. The molecule has 0 aliphatic carbocycles. The lowest BCUT2D eigenvalue weighted by Gasteiger charge is -2.36. The minimum atomic E-state index is -1.23. The molecule has 7 heteroatoms. The van der Waals surface area contributed by atoms with Crippen LogP contribution in [0.1, 0.15) is 10.4 Å². The number of esters is 1. The van der Waals surface area contributed by atoms with Gasteiger partial charge in [-0.3, -0.25) is 0 Å². The smallest absolute Gasteiger partial charge is 0.338 e. The second kappa shape index (κ2) is 8.55. The van der Waals surface area contributed by atoms with Gasteiger partial charge >= 0.3 is 5.97 Å². The summed E-state index contributed by atoms with van der Waals surface area (Å²) in [6.07, 6.45) is -3.35. The van der Waals surface area contributed by atoms with Crippen molar-refractivity contribution in [1.82, 2.24) is 0 Å². The lowest BCUT2D eigenvalue weighted by Crippen LogP contribution is -2.53. The van der Waals surface area contributed by atoms with Gasteiger partial charge in [-0.05, 0) is 36.4 Å². The molecule has 1 heterocycles. The van der Waals surface area contributed by atoms with Gasteiger partial charge in [-0.1, -0.05) is 30.0 Å². The van der Waals surface area contributed by atoms with E-state index in [0.29, 0.717) is 11.3 Å². The number of hydrogen-bond donors (Lipinski definition) is 2. The number of aliphatic hydroxyl groups is 2. The Morgan fingerprint density at radius 3 is 2.42 bits per heavy atom. The predicted octanol–water partition coefficient (Wildman–Crippen LogP) is 2.09. The second-order valence-electron chi connectivity index (χ2n) is 5.79. The van der Waals surface area contributed by atoms with Crippen molar-refractivity contribution in [2.24, 2.45) is 0 Å². The van der Waals surface area contributed by atoms with Crippen LogP contribution < -0.4 is 4.74 Å². The van der Waals surface area contributed by atoms with Crippen LogP contribution in [-0.2, 0) is 9.47 Å². The molecular formula is C19H20O6S. The van der Waals surface area contributed by atoms with E-state index >= 15 is 0 Å². The van der Waals surface area contributed by atoms with Crippen molar-refractivity contribution in [3.05, 3.63) is 60.2 Å². The zero-order valence-corrected chi connectivity index (χ0v) is 15.0. The first kappa shape index (κ1) is 18.7. The number of rotatable bonds is 5. The van der Waals surface area contributed by atoms with E-state index < -0.39 is 29.7 Å². The van der Waals surface area contributed by atoms with E-state index in [1.807, 2.05) is 30.3 Å². The van der Waals surface area contributed by atoms with E-state index in [2.05, 4.69) is 0 Å². The first-order chi connectivity index (χ1) is 12.6. The molecule has 1 unspecified atom stereocenters. The van der Waals surface area contributed by atoms with E-state index in [1.54, 1.807) is 24.3 Å². The molecule has 4 atom stereocenters. The van der Waals surface area contributed by atoms with Crippen molar-refractivity contribution in [2.45, 2.75) is 28.6 Å². The zero-order valence-electron chi connectivity index (χ0n) is 14.1. The van der Waals surface area contributed by atoms with E-state index in [9.17, 15) is 15.0 Å². The highest BCUT2D eigenvalue weighted by molar-refractivity contribution is 7.99. The van der Waals surface area contributed by atoms with Gasteiger partial charge in [0.2, 0.25) is 0 Å². The summed E-state index contributed by atoms with van der Waals surface area (Å²) in [7, 11) is 1.54. The summed E-state index contributed by atoms with van der Waals surface area (Å²) in [6.45, 7) is 0.00458. The van der Waals surface area contributed by atoms with Crippen LogP contribution in [0.4, 0.5) is 0 Å². The van der Waals surface area contributed by atoms with E-state index in [1.165, 1.54) is 18.9 Å². The fraction of sp³-hybridized carbons (Fsp3) is 0.316. The Labute approximate surface area is 155 Å². The SMILES string of the molecule is COc1ccc(C(=O)O[C@@H]2COC(Sc3ccccc3)[C@H](O)[C@H]2O)cc1. The van der Waals surface area contributed by atoms with Crippen molar-refractivity contribution in [3.63, 3.8) is 0 Å². The van der Waals surface area contributed by atoms with Crippen molar-refractivity contribution < 1.29 is 29.2 Å². The maximum absolute atomic E-state index is 12.2. The minimum absolute atomic E-state index is 0.00458. The highest BCUT2D eigenvalue weighted by atomic mass is 32.2. The number of methoxy groups -OCH3 is 1. The fourth-order valence-electron chi connectivity index (χ4n) is 2.54. The standard InChI is InChI=1S/C19H20O6S/c1-23-13-9-7-12(8-10-13)18(22)25-15-11-24-19(17(21)16(15)20)26-14-5-3-2-4-6-14/h2-10,15-17,19-21H,11H2,1H3/t15-,16+,17-,19?/m1/s1. The van der Waals surface area contributed by atoms with Crippen molar-refractivity contribution in [3.8, 4) is 5.75 Å². The molecule has 1 aliphatic heterocycles. The number of thioether (sulfide) groups is 1. The van der Waals surface area contributed by atoms with Gasteiger partial charge in [0.05, 0.1) is 19.3 Å². The fourth-order valence-corrected chi connectivity index (χ4v) is 3.57. The number of carbonyl (C=O) groups is 1. The number of aliphatic hydroxyl groups excluding tert-OH is 2. The molecule has 6 nitrogen and oxygen atoms in total. The van der Waals surface area contributed by atoms with Gasteiger partial charge in [-0.2, -0.15) is 0 Å². The van der Waals surface area contributed by atoms with Crippen LogP contribution in [0.2, 0.25) is 0 Å². The predicted molar refractivity (Wildman–Crippen MR) is 96.3 cm³/mol. The summed E-state index contributed by atoms with van der Waals surface area (Å²) in [5, 5.41) is 20.6. The largest absolute Gasteiger partial charge is 0.497 e. The number of carbonyl (C=O) groups excluding carboxylic acids is 1. The lowest BCUT2D eigenvalue weighted by atomic mass is 10.1. The van der Waals surface area contributed by atoms with Crippen LogP contribution in [0.5, 0.6) is 5.75 Å². The van der Waals surface area contributed by atoms with Gasteiger partial charge < -0.3 is 24.4 Å². The third-order valence-corrected chi connectivity index (χ3v) is 5.21. The average Bonchev–Trinajstić information content (AvgIpc) is 2.68. The monoisotopic (exact) mass is 376 g/mol. The van der Waals surface area contributed by atoms with Crippen LogP contribution in [0, 0.1) is 0 Å². The quantitative estimate of drug-likeness (QED) is 0.773. The van der Waals surface area contributed by atoms with Gasteiger partial charge in [0.15, 0.2) is 6.10 Å². The number of benzene rings is 2. The molecule has 0 bridgehead atoms. The Morgan fingerprint density at radius 1 is 1.08 bits per heavy atom. The second-order valence-corrected chi connectivity index (χ2v) is 6.96. The van der Waals surface area contributed by atoms with Crippen molar-refractivity contribution in [2.75, 3.05) is 13.7 Å². The topological polar surface area (TPSA) is 85.2 Å². The molecule has 2 aromatic carbocycles. The van der Waals surface area contributed by atoms with Crippen molar-refractivity contribution in [1.29, 1.82) is 0 Å². The summed E-state index contributed by atoms with van der Waals surface area (Å²) >= 11 is 1.31. The molecule has 138 valence electrons. The molecule has 2 aromatic rings. The van der Waals surface area contributed by atoms with Crippen LogP contribution in [0.15, 0.2) is 59.5 Å².